The van der Waals surface area contributed by atoms with Gasteiger partial charge in [0.2, 0.25) is 0 Å². The lowest BCUT2D eigenvalue weighted by molar-refractivity contribution is -0.139. The minimum absolute atomic E-state index is 0.194. The predicted molar refractivity (Wildman–Crippen MR) is 74.0 cm³/mol. The monoisotopic (exact) mass is 240 g/mol. The fraction of sp³-hybridized carbons (Fsp3) is 0.471. The van der Waals surface area contributed by atoms with Gasteiger partial charge in [0, 0.05) is 5.92 Å². The highest BCUT2D eigenvalue weighted by Crippen LogP contribution is 2.62. The molecule has 0 N–H and O–H groups in total. The van der Waals surface area contributed by atoms with Crippen LogP contribution in [0.1, 0.15) is 32.8 Å². The summed E-state index contributed by atoms with van der Waals surface area (Å²) in [6.07, 6.45) is 3.30. The second-order valence-corrected chi connectivity index (χ2v) is 6.38. The van der Waals surface area contributed by atoms with Gasteiger partial charge < -0.3 is 0 Å². The third-order valence-corrected chi connectivity index (χ3v) is 5.14. The average Bonchev–Trinajstić information content (AvgIpc) is 2.35. The fourth-order valence-electron chi connectivity index (χ4n) is 3.85. The standard InChI is InChI=1S/C17H20O/c1-11-14-10-15(17(14,2)3)13(16(11)18)9-12-7-5-4-6-8-12/h4-9,11,14-15H,10H2,1-3H3/b13-9+/t11-,14+,15-/m0/s1. The van der Waals surface area contributed by atoms with Crippen LogP contribution in [0.25, 0.3) is 6.08 Å². The fourth-order valence-corrected chi connectivity index (χ4v) is 3.85. The Morgan fingerprint density at radius 2 is 1.89 bits per heavy atom. The van der Waals surface area contributed by atoms with E-state index in [4.69, 9.17) is 0 Å². The lowest BCUT2D eigenvalue weighted by Gasteiger charge is -2.59. The largest absolute Gasteiger partial charge is 0.294 e. The molecule has 1 heteroatoms. The number of benzene rings is 1. The Morgan fingerprint density at radius 1 is 1.22 bits per heavy atom. The molecule has 0 aromatic heterocycles. The third kappa shape index (κ3) is 1.50. The minimum atomic E-state index is 0.194. The maximum Gasteiger partial charge on any atom is 0.162 e. The van der Waals surface area contributed by atoms with Crippen molar-refractivity contribution in [2.45, 2.75) is 27.2 Å². The molecule has 4 rings (SSSR count). The van der Waals surface area contributed by atoms with Crippen LogP contribution in [0.15, 0.2) is 35.9 Å². The molecule has 3 aliphatic carbocycles. The van der Waals surface area contributed by atoms with E-state index in [0.717, 1.165) is 11.1 Å². The van der Waals surface area contributed by atoms with Crippen molar-refractivity contribution in [3.05, 3.63) is 41.5 Å². The van der Waals surface area contributed by atoms with Crippen LogP contribution in [0.2, 0.25) is 0 Å². The molecule has 2 bridgehead atoms. The number of fused-ring (bicyclic) bond motifs is 2. The van der Waals surface area contributed by atoms with Crippen LogP contribution in [-0.2, 0) is 4.79 Å². The predicted octanol–water partition coefficient (Wildman–Crippen LogP) is 3.95. The van der Waals surface area contributed by atoms with Gasteiger partial charge in [-0.2, -0.15) is 0 Å². The van der Waals surface area contributed by atoms with Gasteiger partial charge in [0.1, 0.15) is 0 Å². The van der Waals surface area contributed by atoms with E-state index in [1.54, 1.807) is 0 Å². The van der Waals surface area contributed by atoms with E-state index in [2.05, 4.69) is 39.0 Å². The van der Waals surface area contributed by atoms with Crippen molar-refractivity contribution < 1.29 is 4.79 Å². The zero-order valence-electron chi connectivity index (χ0n) is 11.3. The molecule has 0 spiro atoms. The number of carbonyl (C=O) groups excluding carboxylic acids is 1. The summed E-state index contributed by atoms with van der Waals surface area (Å²) in [5.74, 6) is 1.62. The molecule has 3 atom stereocenters. The van der Waals surface area contributed by atoms with Gasteiger partial charge in [-0.25, -0.2) is 0 Å². The van der Waals surface area contributed by atoms with Crippen molar-refractivity contribution in [1.29, 1.82) is 0 Å². The topological polar surface area (TPSA) is 17.1 Å². The van der Waals surface area contributed by atoms with Crippen molar-refractivity contribution >= 4 is 11.9 Å². The summed E-state index contributed by atoms with van der Waals surface area (Å²) >= 11 is 0. The molecule has 1 aromatic carbocycles. The van der Waals surface area contributed by atoms with Crippen molar-refractivity contribution in [3.8, 4) is 0 Å². The van der Waals surface area contributed by atoms with Crippen molar-refractivity contribution in [3.63, 3.8) is 0 Å². The first-order chi connectivity index (χ1) is 8.51. The minimum Gasteiger partial charge on any atom is -0.294 e. The van der Waals surface area contributed by atoms with E-state index < -0.39 is 0 Å². The molecule has 0 heterocycles. The number of hydrogen-bond donors (Lipinski definition) is 0. The number of carbonyl (C=O) groups is 1. The number of rotatable bonds is 1. The molecule has 18 heavy (non-hydrogen) atoms. The average molecular weight is 240 g/mol. The molecule has 0 unspecified atom stereocenters. The summed E-state index contributed by atoms with van der Waals surface area (Å²) in [6.45, 7) is 6.73. The normalized spacial score (nSPS) is 35.4. The van der Waals surface area contributed by atoms with Crippen LogP contribution in [0, 0.1) is 23.2 Å². The van der Waals surface area contributed by atoms with Crippen molar-refractivity contribution in [2.24, 2.45) is 23.2 Å². The van der Waals surface area contributed by atoms with E-state index in [0.29, 0.717) is 23.0 Å². The Hall–Kier alpha value is -1.37. The molecule has 3 saturated carbocycles. The van der Waals surface area contributed by atoms with Crippen molar-refractivity contribution in [1.82, 2.24) is 0 Å². The van der Waals surface area contributed by atoms with Crippen LogP contribution >= 0.6 is 0 Å². The van der Waals surface area contributed by atoms with Crippen LogP contribution < -0.4 is 0 Å². The molecular formula is C17H20O. The first-order valence-electron chi connectivity index (χ1n) is 6.82. The molecule has 0 radical (unpaired) electrons. The summed E-state index contributed by atoms with van der Waals surface area (Å²) in [5.41, 5.74) is 2.50. The molecule has 3 aliphatic rings. The first-order valence-corrected chi connectivity index (χ1v) is 6.82. The van der Waals surface area contributed by atoms with Gasteiger partial charge in [-0.3, -0.25) is 4.79 Å². The maximum absolute atomic E-state index is 12.4. The Labute approximate surface area is 109 Å². The number of Topliss-reactive ketones (excluding diaryl/α,β-unsaturated/α-hetero) is 1. The highest BCUT2D eigenvalue weighted by Gasteiger charge is 2.58. The summed E-state index contributed by atoms with van der Waals surface area (Å²) in [5, 5.41) is 0. The molecule has 94 valence electrons. The van der Waals surface area contributed by atoms with E-state index in [9.17, 15) is 4.79 Å². The van der Waals surface area contributed by atoms with E-state index in [1.807, 2.05) is 18.2 Å². The molecule has 0 amide bonds. The number of allylic oxidation sites excluding steroid dienone is 1. The summed E-state index contributed by atoms with van der Waals surface area (Å²) in [4.78, 5) is 12.4. The quantitative estimate of drug-likeness (QED) is 0.679. The van der Waals surface area contributed by atoms with E-state index in [-0.39, 0.29) is 5.92 Å². The molecule has 3 fully saturated rings. The number of ketones is 1. The smallest absolute Gasteiger partial charge is 0.162 e. The Bertz CT molecular complexity index is 510. The SMILES string of the molecule is C[C@@H]1C(=O)/C(=C/c2ccccc2)[C@@H]2C[C@H]1C2(C)C. The molecule has 1 nitrogen and oxygen atoms in total. The molecule has 0 aliphatic heterocycles. The second-order valence-electron chi connectivity index (χ2n) is 6.38. The van der Waals surface area contributed by atoms with Gasteiger partial charge in [-0.1, -0.05) is 51.1 Å². The maximum atomic E-state index is 12.4. The van der Waals surface area contributed by atoms with Gasteiger partial charge >= 0.3 is 0 Å². The Balaban J connectivity index is 2.01. The second kappa shape index (κ2) is 3.81. The van der Waals surface area contributed by atoms with Gasteiger partial charge in [-0.15, -0.1) is 0 Å². The zero-order valence-corrected chi connectivity index (χ0v) is 11.3. The Kier molecular flexibility index (Phi) is 2.48. The highest BCUT2D eigenvalue weighted by atomic mass is 16.1. The van der Waals surface area contributed by atoms with Crippen LogP contribution in [0.5, 0.6) is 0 Å². The van der Waals surface area contributed by atoms with Gasteiger partial charge in [0.15, 0.2) is 5.78 Å². The van der Waals surface area contributed by atoms with Crippen molar-refractivity contribution in [2.75, 3.05) is 0 Å². The van der Waals surface area contributed by atoms with Crippen LogP contribution in [-0.4, -0.2) is 5.78 Å². The molecule has 0 saturated heterocycles. The summed E-state index contributed by atoms with van der Waals surface area (Å²) < 4.78 is 0. The van der Waals surface area contributed by atoms with E-state index >= 15 is 0 Å². The van der Waals surface area contributed by atoms with Crippen LogP contribution in [0.4, 0.5) is 0 Å². The summed E-state index contributed by atoms with van der Waals surface area (Å²) in [7, 11) is 0. The lowest BCUT2D eigenvalue weighted by atomic mass is 9.44. The highest BCUT2D eigenvalue weighted by molar-refractivity contribution is 6.03. The zero-order chi connectivity index (χ0) is 12.9. The molecule has 1 aromatic rings. The third-order valence-electron chi connectivity index (χ3n) is 5.14. The van der Waals surface area contributed by atoms with Gasteiger partial charge in [0.05, 0.1) is 0 Å². The van der Waals surface area contributed by atoms with E-state index in [1.165, 1.54) is 6.42 Å². The van der Waals surface area contributed by atoms with Gasteiger partial charge in [-0.05, 0) is 40.9 Å². The Morgan fingerprint density at radius 3 is 2.50 bits per heavy atom. The lowest BCUT2D eigenvalue weighted by Crippen LogP contribution is -2.56. The number of hydrogen-bond acceptors (Lipinski definition) is 1. The first kappa shape index (κ1) is 11.7. The molecular weight excluding hydrogens is 220 g/mol. The van der Waals surface area contributed by atoms with Gasteiger partial charge in [0.25, 0.3) is 0 Å². The summed E-state index contributed by atoms with van der Waals surface area (Å²) in [6, 6.07) is 10.2. The van der Waals surface area contributed by atoms with Crippen LogP contribution in [0.3, 0.4) is 0 Å².